The van der Waals surface area contributed by atoms with Crippen molar-refractivity contribution in [3.63, 3.8) is 0 Å². The molecular formula is C12H18N2O5. The number of nitrogens with two attached hydrogens (primary N) is 2. The van der Waals surface area contributed by atoms with E-state index in [0.717, 1.165) is 25.7 Å². The minimum Gasteiger partial charge on any atom is -0.449 e. The van der Waals surface area contributed by atoms with Crippen molar-refractivity contribution in [2.45, 2.75) is 31.3 Å². The molecule has 0 aliphatic heterocycles. The van der Waals surface area contributed by atoms with E-state index in [1.807, 2.05) is 0 Å². The lowest BCUT2D eigenvalue weighted by Crippen LogP contribution is -2.52. The molecule has 0 saturated heterocycles. The van der Waals surface area contributed by atoms with Crippen LogP contribution in [-0.2, 0) is 19.1 Å². The number of carbonyl (C=O) groups excluding carboxylic acids is 2. The molecule has 1 amide bonds. The molecule has 0 radical (unpaired) electrons. The maximum Gasteiger partial charge on any atom is 0.404 e. The first kappa shape index (κ1) is 12.7. The summed E-state index contributed by atoms with van der Waals surface area (Å²) in [6.07, 6.45) is 3.01. The Morgan fingerprint density at radius 2 is 2.05 bits per heavy atom. The highest BCUT2D eigenvalue weighted by Crippen LogP contribution is 2.73. The van der Waals surface area contributed by atoms with Gasteiger partial charge in [0, 0.05) is 5.41 Å². The van der Waals surface area contributed by atoms with Gasteiger partial charge in [-0.05, 0) is 37.5 Å². The van der Waals surface area contributed by atoms with E-state index >= 15 is 0 Å². The van der Waals surface area contributed by atoms with E-state index in [1.165, 1.54) is 0 Å². The number of fused-ring (bicyclic) bond motifs is 1. The second-order valence-corrected chi connectivity index (χ2v) is 6.09. The van der Waals surface area contributed by atoms with E-state index < -0.39 is 12.1 Å². The molecule has 3 saturated carbocycles. The lowest BCUT2D eigenvalue weighted by atomic mass is 9.52. The Kier molecular flexibility index (Phi) is 2.72. The number of hydrogen-bond donors (Lipinski definition) is 2. The second-order valence-electron chi connectivity index (χ2n) is 6.09. The Labute approximate surface area is 110 Å². The molecular weight excluding hydrogens is 252 g/mol. The van der Waals surface area contributed by atoms with Gasteiger partial charge < -0.3 is 20.0 Å². The predicted octanol–water partition coefficient (Wildman–Crippen LogP) is 0.0740. The number of hydrogen-bond acceptors (Lipinski definition) is 6. The van der Waals surface area contributed by atoms with Crippen molar-refractivity contribution in [3.8, 4) is 0 Å². The average molecular weight is 270 g/mol. The van der Waals surface area contributed by atoms with E-state index in [2.05, 4.69) is 4.84 Å². The van der Waals surface area contributed by atoms with Gasteiger partial charge in [-0.3, -0.25) is 0 Å². The van der Waals surface area contributed by atoms with Crippen LogP contribution in [0.1, 0.15) is 25.7 Å². The number of primary amides is 1. The lowest BCUT2D eigenvalue weighted by Gasteiger charge is -2.54. The molecule has 0 aromatic rings. The molecule has 0 heterocycles. The molecule has 106 valence electrons. The van der Waals surface area contributed by atoms with Gasteiger partial charge >= 0.3 is 12.1 Å². The summed E-state index contributed by atoms with van der Waals surface area (Å²) in [5, 5.41) is 0. The van der Waals surface area contributed by atoms with Crippen LogP contribution < -0.4 is 11.6 Å². The normalized spacial score (nSPS) is 41.7. The molecule has 7 heteroatoms. The van der Waals surface area contributed by atoms with Gasteiger partial charge in [0.1, 0.15) is 6.61 Å². The minimum absolute atomic E-state index is 0.00453. The number of ether oxygens (including phenoxy) is 2. The Morgan fingerprint density at radius 3 is 2.74 bits per heavy atom. The molecule has 0 spiro atoms. The lowest BCUT2D eigenvalue weighted by molar-refractivity contribution is -0.165. The summed E-state index contributed by atoms with van der Waals surface area (Å²) in [5.41, 5.74) is 4.76. The molecule has 0 aromatic heterocycles. The first-order valence-corrected chi connectivity index (χ1v) is 6.44. The summed E-state index contributed by atoms with van der Waals surface area (Å²) in [6.45, 7) is 0.235. The van der Waals surface area contributed by atoms with Crippen molar-refractivity contribution < 1.29 is 23.9 Å². The van der Waals surface area contributed by atoms with Gasteiger partial charge in [0.05, 0.1) is 12.2 Å². The first-order valence-electron chi connectivity index (χ1n) is 6.44. The van der Waals surface area contributed by atoms with Crippen LogP contribution in [0, 0.1) is 17.3 Å². The van der Waals surface area contributed by atoms with Crippen LogP contribution in [0.3, 0.4) is 0 Å². The maximum atomic E-state index is 11.1. The van der Waals surface area contributed by atoms with Crippen LogP contribution in [0.4, 0.5) is 4.79 Å². The Bertz CT molecular complexity index is 428. The molecule has 0 aromatic carbocycles. The smallest absolute Gasteiger partial charge is 0.404 e. The highest BCUT2D eigenvalue weighted by molar-refractivity contribution is 5.70. The Hall–Kier alpha value is -1.34. The molecule has 7 nitrogen and oxygen atoms in total. The van der Waals surface area contributed by atoms with Crippen LogP contribution in [0.5, 0.6) is 0 Å². The second kappa shape index (κ2) is 4.08. The molecule has 2 bridgehead atoms. The van der Waals surface area contributed by atoms with Crippen molar-refractivity contribution in [2.24, 2.45) is 28.9 Å². The Morgan fingerprint density at radius 1 is 1.26 bits per heavy atom. The van der Waals surface area contributed by atoms with Crippen LogP contribution in [0.15, 0.2) is 0 Å². The van der Waals surface area contributed by atoms with E-state index in [4.69, 9.17) is 21.1 Å². The van der Waals surface area contributed by atoms with Gasteiger partial charge in [0.2, 0.25) is 0 Å². The van der Waals surface area contributed by atoms with Crippen LogP contribution in [0.25, 0.3) is 0 Å². The zero-order valence-corrected chi connectivity index (χ0v) is 10.6. The van der Waals surface area contributed by atoms with Crippen molar-refractivity contribution >= 4 is 12.1 Å². The van der Waals surface area contributed by atoms with Gasteiger partial charge in [0.15, 0.2) is 0 Å². The highest BCUT2D eigenvalue weighted by atomic mass is 16.7. The average Bonchev–Trinajstić information content (AvgIpc) is 2.81. The first-order chi connectivity index (χ1) is 8.99. The van der Waals surface area contributed by atoms with Crippen molar-refractivity contribution in [1.82, 2.24) is 0 Å². The monoisotopic (exact) mass is 270 g/mol. The number of rotatable bonds is 5. The summed E-state index contributed by atoms with van der Waals surface area (Å²) >= 11 is 0. The minimum atomic E-state index is -0.734. The molecule has 3 aliphatic carbocycles. The van der Waals surface area contributed by atoms with Gasteiger partial charge in [-0.15, -0.1) is 0 Å². The third kappa shape index (κ3) is 1.88. The number of carbonyl (C=O) groups is 2. The zero-order chi connectivity index (χ0) is 13.7. The zero-order valence-electron chi connectivity index (χ0n) is 10.6. The van der Waals surface area contributed by atoms with Crippen molar-refractivity contribution in [2.75, 3.05) is 13.2 Å². The molecule has 4 atom stereocenters. The molecule has 4 unspecified atom stereocenters. The molecule has 3 aliphatic rings. The summed E-state index contributed by atoms with van der Waals surface area (Å²) in [6, 6.07) is 0. The van der Waals surface area contributed by atoms with E-state index in [1.54, 1.807) is 0 Å². The summed E-state index contributed by atoms with van der Waals surface area (Å²) < 4.78 is 10.7. The summed E-state index contributed by atoms with van der Waals surface area (Å²) in [5.74, 6) is 5.35. The van der Waals surface area contributed by atoms with Gasteiger partial charge in [-0.2, -0.15) is 5.90 Å². The van der Waals surface area contributed by atoms with E-state index in [9.17, 15) is 9.59 Å². The quantitative estimate of drug-likeness (QED) is 0.683. The van der Waals surface area contributed by atoms with E-state index in [-0.39, 0.29) is 17.6 Å². The Balaban J connectivity index is 1.62. The van der Waals surface area contributed by atoms with Crippen molar-refractivity contribution in [3.05, 3.63) is 0 Å². The molecule has 19 heavy (non-hydrogen) atoms. The maximum absolute atomic E-state index is 11.1. The van der Waals surface area contributed by atoms with E-state index in [0.29, 0.717) is 18.4 Å². The SMILES string of the molecule is NOC(=O)COC12CC3CC(COC(N)=O)(C1)C3C2. The van der Waals surface area contributed by atoms with Crippen LogP contribution >= 0.6 is 0 Å². The summed E-state index contributed by atoms with van der Waals surface area (Å²) in [7, 11) is 0. The topological polar surface area (TPSA) is 114 Å². The molecule has 3 fully saturated rings. The van der Waals surface area contributed by atoms with Gasteiger partial charge in [-0.1, -0.05) is 0 Å². The predicted molar refractivity (Wildman–Crippen MR) is 62.4 cm³/mol. The van der Waals surface area contributed by atoms with Gasteiger partial charge in [-0.25, -0.2) is 9.59 Å². The fourth-order valence-electron chi connectivity index (χ4n) is 4.55. The van der Waals surface area contributed by atoms with Crippen LogP contribution in [-0.4, -0.2) is 30.9 Å². The highest BCUT2D eigenvalue weighted by Gasteiger charge is 2.71. The fraction of sp³-hybridized carbons (Fsp3) is 0.833. The molecule has 4 N–H and O–H groups in total. The fourth-order valence-corrected chi connectivity index (χ4v) is 4.55. The third-order valence-corrected chi connectivity index (χ3v) is 5.05. The largest absolute Gasteiger partial charge is 0.449 e. The van der Waals surface area contributed by atoms with Gasteiger partial charge in [0.25, 0.3) is 0 Å². The van der Waals surface area contributed by atoms with Crippen molar-refractivity contribution in [1.29, 1.82) is 0 Å². The summed E-state index contributed by atoms with van der Waals surface area (Å²) in [4.78, 5) is 25.9. The number of amides is 1. The third-order valence-electron chi connectivity index (χ3n) is 5.05. The van der Waals surface area contributed by atoms with Crippen LogP contribution in [0.2, 0.25) is 0 Å². The molecule has 3 rings (SSSR count). The standard InChI is InChI=1S/C12H18N2O5/c13-10(16)17-6-11-1-7-2-12(5-11,3-8(7)11)18-4-9(15)19-14/h7-8H,1-6,14H2,(H2,13,16).